The number of rotatable bonds is 8. The molecule has 0 saturated carbocycles. The highest BCUT2D eigenvalue weighted by Gasteiger charge is 2.11. The van der Waals surface area contributed by atoms with Gasteiger partial charge in [-0.25, -0.2) is 0 Å². The van der Waals surface area contributed by atoms with Crippen LogP contribution in [0.4, 0.5) is 0 Å². The fourth-order valence-corrected chi connectivity index (χ4v) is 2.23. The van der Waals surface area contributed by atoms with Crippen molar-refractivity contribution in [1.29, 1.82) is 0 Å². The summed E-state index contributed by atoms with van der Waals surface area (Å²) in [7, 11) is 2.03. The van der Waals surface area contributed by atoms with E-state index in [-0.39, 0.29) is 0 Å². The molecule has 2 N–H and O–H groups in total. The largest absolute Gasteiger partial charge is 0.319 e. The maximum absolute atomic E-state index is 3.58. The molecule has 0 aliphatic rings. The lowest BCUT2D eigenvalue weighted by molar-refractivity contribution is 0.352. The summed E-state index contributed by atoms with van der Waals surface area (Å²) in [5.41, 5.74) is 2.79. The lowest BCUT2D eigenvalue weighted by Crippen LogP contribution is -2.32. The molecule has 19 heavy (non-hydrogen) atoms. The van der Waals surface area contributed by atoms with Gasteiger partial charge in [-0.1, -0.05) is 52.0 Å². The van der Waals surface area contributed by atoms with Gasteiger partial charge in [-0.3, -0.25) is 0 Å². The first kappa shape index (κ1) is 16.2. The Morgan fingerprint density at radius 3 is 2.05 bits per heavy atom. The van der Waals surface area contributed by atoms with Crippen molar-refractivity contribution in [2.45, 2.75) is 40.2 Å². The lowest BCUT2D eigenvalue weighted by atomic mass is 9.95. The fourth-order valence-electron chi connectivity index (χ4n) is 2.23. The summed E-state index contributed by atoms with van der Waals surface area (Å²) in [5, 5.41) is 6.85. The second kappa shape index (κ2) is 8.34. The number of benzene rings is 1. The van der Waals surface area contributed by atoms with Gasteiger partial charge in [0, 0.05) is 6.54 Å². The van der Waals surface area contributed by atoms with Gasteiger partial charge in [-0.15, -0.1) is 0 Å². The first-order chi connectivity index (χ1) is 9.04. The molecule has 0 aromatic heterocycles. The van der Waals surface area contributed by atoms with Crippen molar-refractivity contribution in [3.8, 4) is 0 Å². The normalized spacial score (nSPS) is 13.2. The smallest absolute Gasteiger partial charge is 0.0205 e. The molecule has 2 heteroatoms. The van der Waals surface area contributed by atoms with E-state index in [1.54, 1.807) is 0 Å². The Kier molecular flexibility index (Phi) is 7.11. The second-order valence-electron chi connectivity index (χ2n) is 6.09. The summed E-state index contributed by atoms with van der Waals surface area (Å²) in [6.07, 6.45) is 0. The molecule has 1 rings (SSSR count). The Morgan fingerprint density at radius 1 is 0.947 bits per heavy atom. The summed E-state index contributed by atoms with van der Waals surface area (Å²) in [6.45, 7) is 12.2. The molecule has 108 valence electrons. The molecule has 0 aliphatic carbocycles. The van der Waals surface area contributed by atoms with E-state index in [4.69, 9.17) is 0 Å². The second-order valence-corrected chi connectivity index (χ2v) is 6.09. The van der Waals surface area contributed by atoms with Crippen molar-refractivity contribution < 1.29 is 0 Å². The summed E-state index contributed by atoms with van der Waals surface area (Å²) in [4.78, 5) is 0. The van der Waals surface area contributed by atoms with E-state index in [0.29, 0.717) is 17.8 Å². The maximum atomic E-state index is 3.58. The van der Waals surface area contributed by atoms with Crippen molar-refractivity contribution in [3.63, 3.8) is 0 Å². The molecule has 0 fully saturated rings. The monoisotopic (exact) mass is 262 g/mol. The molecule has 0 bridgehead atoms. The molecule has 0 saturated heterocycles. The molecule has 0 radical (unpaired) electrons. The minimum Gasteiger partial charge on any atom is -0.319 e. The Balaban J connectivity index is 2.39. The minimum atomic E-state index is 0.614. The molecule has 2 nitrogen and oxygen atoms in total. The van der Waals surface area contributed by atoms with E-state index < -0.39 is 0 Å². The molecular formula is C17H30N2. The van der Waals surface area contributed by atoms with Gasteiger partial charge in [0.15, 0.2) is 0 Å². The standard InChI is InChI=1S/C17H30N2/c1-13(2)16-8-6-15(7-9-16)10-19-12-17(11-18-5)14(3)4/h6-9,13-14,17-19H,10-12H2,1-5H3. The molecule has 1 aromatic rings. The van der Waals surface area contributed by atoms with Gasteiger partial charge >= 0.3 is 0 Å². The Labute approximate surface area is 119 Å². The summed E-state index contributed by atoms with van der Waals surface area (Å²) < 4.78 is 0. The molecule has 1 aromatic carbocycles. The lowest BCUT2D eigenvalue weighted by Gasteiger charge is -2.21. The molecule has 0 spiro atoms. The average molecular weight is 262 g/mol. The van der Waals surface area contributed by atoms with E-state index in [1.165, 1.54) is 11.1 Å². The Morgan fingerprint density at radius 2 is 1.58 bits per heavy atom. The highest BCUT2D eigenvalue weighted by Crippen LogP contribution is 2.15. The van der Waals surface area contributed by atoms with Crippen LogP contribution in [0.5, 0.6) is 0 Å². The highest BCUT2D eigenvalue weighted by atomic mass is 14.9. The first-order valence-corrected chi connectivity index (χ1v) is 7.48. The van der Waals surface area contributed by atoms with Crippen LogP contribution in [0.25, 0.3) is 0 Å². The predicted molar refractivity (Wildman–Crippen MR) is 84.5 cm³/mol. The van der Waals surface area contributed by atoms with Gasteiger partial charge in [0.25, 0.3) is 0 Å². The predicted octanol–water partition coefficient (Wildman–Crippen LogP) is 3.39. The molecular weight excluding hydrogens is 232 g/mol. The van der Waals surface area contributed by atoms with Crippen LogP contribution < -0.4 is 10.6 Å². The van der Waals surface area contributed by atoms with E-state index in [2.05, 4.69) is 62.6 Å². The van der Waals surface area contributed by atoms with Gasteiger partial charge in [-0.2, -0.15) is 0 Å². The Bertz CT molecular complexity index is 341. The van der Waals surface area contributed by atoms with Crippen molar-refractivity contribution in [3.05, 3.63) is 35.4 Å². The minimum absolute atomic E-state index is 0.614. The quantitative estimate of drug-likeness (QED) is 0.750. The van der Waals surface area contributed by atoms with Gasteiger partial charge in [0.1, 0.15) is 0 Å². The maximum Gasteiger partial charge on any atom is 0.0205 e. The Hall–Kier alpha value is -0.860. The van der Waals surface area contributed by atoms with Crippen LogP contribution in [0, 0.1) is 11.8 Å². The third-order valence-corrected chi connectivity index (χ3v) is 3.79. The zero-order valence-corrected chi connectivity index (χ0v) is 13.2. The topological polar surface area (TPSA) is 24.1 Å². The zero-order valence-electron chi connectivity index (χ0n) is 13.2. The molecule has 0 amide bonds. The van der Waals surface area contributed by atoms with Gasteiger partial charge in [0.05, 0.1) is 0 Å². The van der Waals surface area contributed by atoms with Crippen LogP contribution in [-0.4, -0.2) is 20.1 Å². The summed E-state index contributed by atoms with van der Waals surface area (Å²) in [5.74, 6) is 2.02. The third kappa shape index (κ3) is 5.75. The number of hydrogen-bond acceptors (Lipinski definition) is 2. The highest BCUT2D eigenvalue weighted by molar-refractivity contribution is 5.24. The van der Waals surface area contributed by atoms with Crippen LogP contribution in [0.15, 0.2) is 24.3 Å². The van der Waals surface area contributed by atoms with E-state index in [9.17, 15) is 0 Å². The van der Waals surface area contributed by atoms with Crippen LogP contribution in [0.1, 0.15) is 44.7 Å². The number of nitrogens with one attached hydrogen (secondary N) is 2. The van der Waals surface area contributed by atoms with Gasteiger partial charge < -0.3 is 10.6 Å². The van der Waals surface area contributed by atoms with Crippen molar-refractivity contribution in [2.24, 2.45) is 11.8 Å². The van der Waals surface area contributed by atoms with E-state index >= 15 is 0 Å². The first-order valence-electron chi connectivity index (χ1n) is 7.48. The van der Waals surface area contributed by atoms with Crippen LogP contribution in [0.3, 0.4) is 0 Å². The van der Waals surface area contributed by atoms with Crippen LogP contribution in [0.2, 0.25) is 0 Å². The summed E-state index contributed by atoms with van der Waals surface area (Å²) >= 11 is 0. The molecule has 0 heterocycles. The van der Waals surface area contributed by atoms with E-state index in [1.807, 2.05) is 7.05 Å². The fraction of sp³-hybridized carbons (Fsp3) is 0.647. The van der Waals surface area contributed by atoms with Crippen molar-refractivity contribution in [2.75, 3.05) is 20.1 Å². The van der Waals surface area contributed by atoms with Crippen LogP contribution >= 0.6 is 0 Å². The SMILES string of the molecule is CNCC(CNCc1ccc(C(C)C)cc1)C(C)C. The van der Waals surface area contributed by atoms with Gasteiger partial charge in [-0.05, 0) is 49.0 Å². The number of hydrogen-bond donors (Lipinski definition) is 2. The van der Waals surface area contributed by atoms with Crippen molar-refractivity contribution in [1.82, 2.24) is 10.6 Å². The van der Waals surface area contributed by atoms with E-state index in [0.717, 1.165) is 19.6 Å². The summed E-state index contributed by atoms with van der Waals surface area (Å²) in [6, 6.07) is 8.97. The molecule has 0 aliphatic heterocycles. The van der Waals surface area contributed by atoms with Gasteiger partial charge in [0.2, 0.25) is 0 Å². The third-order valence-electron chi connectivity index (χ3n) is 3.79. The zero-order chi connectivity index (χ0) is 14.3. The van der Waals surface area contributed by atoms with Crippen molar-refractivity contribution >= 4 is 0 Å². The molecule has 1 atom stereocenters. The van der Waals surface area contributed by atoms with Crippen LogP contribution in [-0.2, 0) is 6.54 Å². The molecule has 1 unspecified atom stereocenters. The average Bonchev–Trinajstić information content (AvgIpc) is 2.38.